The number of nitrogens with zero attached hydrogens (tertiary/aromatic N) is 3. The molecule has 2 heterocycles. The lowest BCUT2D eigenvalue weighted by Crippen LogP contribution is -2.39. The Balaban J connectivity index is 1.60. The van der Waals surface area contributed by atoms with E-state index in [1.54, 1.807) is 18.9 Å². The zero-order valence-corrected chi connectivity index (χ0v) is 12.8. The van der Waals surface area contributed by atoms with Gasteiger partial charge in [-0.25, -0.2) is 4.79 Å². The molecule has 21 heavy (non-hydrogen) atoms. The Morgan fingerprint density at radius 2 is 2.38 bits per heavy atom. The molecule has 0 aliphatic carbocycles. The molecule has 0 spiro atoms. The monoisotopic (exact) mass is 296 g/mol. The smallest absolute Gasteiger partial charge is 0.317 e. The van der Waals surface area contributed by atoms with Gasteiger partial charge in [-0.3, -0.25) is 0 Å². The molecule has 118 valence electrons. The number of carbonyl (C=O) groups is 1. The molecule has 7 heteroatoms. The third kappa shape index (κ3) is 5.34. The number of rotatable bonds is 6. The van der Waals surface area contributed by atoms with Gasteiger partial charge in [-0.2, -0.15) is 4.98 Å². The zero-order chi connectivity index (χ0) is 15.1. The standard InChI is InChI=1S/C14H24N4O3/c1-11-16-13(17-21-11)6-8-18(2)14(19)15-7-5-12-4-3-9-20-10-12/h12H,3-10H2,1-2H3,(H,15,19)/t12-/m1/s1. The van der Waals surface area contributed by atoms with Crippen molar-refractivity contribution < 1.29 is 14.1 Å². The molecule has 1 aromatic rings. The van der Waals surface area contributed by atoms with E-state index in [4.69, 9.17) is 9.26 Å². The lowest BCUT2D eigenvalue weighted by molar-refractivity contribution is 0.0519. The number of aromatic nitrogens is 2. The third-order valence-electron chi connectivity index (χ3n) is 3.67. The fourth-order valence-electron chi connectivity index (χ4n) is 2.37. The number of urea groups is 1. The normalized spacial score (nSPS) is 18.5. The van der Waals surface area contributed by atoms with E-state index in [2.05, 4.69) is 15.5 Å². The first kappa shape index (κ1) is 15.8. The highest BCUT2D eigenvalue weighted by Gasteiger charge is 2.15. The van der Waals surface area contributed by atoms with Crippen LogP contribution in [0.1, 0.15) is 31.0 Å². The summed E-state index contributed by atoms with van der Waals surface area (Å²) in [4.78, 5) is 17.7. The molecule has 1 fully saturated rings. The highest BCUT2D eigenvalue weighted by Crippen LogP contribution is 2.16. The van der Waals surface area contributed by atoms with Gasteiger partial charge >= 0.3 is 6.03 Å². The van der Waals surface area contributed by atoms with E-state index in [1.807, 2.05) is 0 Å². The van der Waals surface area contributed by atoms with Crippen molar-refractivity contribution >= 4 is 6.03 Å². The predicted molar refractivity (Wildman–Crippen MR) is 76.9 cm³/mol. The molecule has 7 nitrogen and oxygen atoms in total. The van der Waals surface area contributed by atoms with Gasteiger partial charge in [0.15, 0.2) is 5.82 Å². The lowest BCUT2D eigenvalue weighted by atomic mass is 9.99. The van der Waals surface area contributed by atoms with Gasteiger partial charge in [0.25, 0.3) is 0 Å². The van der Waals surface area contributed by atoms with E-state index in [0.717, 1.165) is 26.1 Å². The summed E-state index contributed by atoms with van der Waals surface area (Å²) in [5.41, 5.74) is 0. The van der Waals surface area contributed by atoms with Crippen LogP contribution >= 0.6 is 0 Å². The van der Waals surface area contributed by atoms with Crippen molar-refractivity contribution in [3.8, 4) is 0 Å². The van der Waals surface area contributed by atoms with Gasteiger partial charge in [0.1, 0.15) is 0 Å². The quantitative estimate of drug-likeness (QED) is 0.857. The van der Waals surface area contributed by atoms with Crippen LogP contribution in [0.15, 0.2) is 4.52 Å². The minimum atomic E-state index is -0.0630. The van der Waals surface area contributed by atoms with Crippen LogP contribution in [-0.4, -0.2) is 54.4 Å². The average molecular weight is 296 g/mol. The number of amides is 2. The van der Waals surface area contributed by atoms with Crippen LogP contribution in [-0.2, 0) is 11.2 Å². The molecule has 0 radical (unpaired) electrons. The Morgan fingerprint density at radius 3 is 3.05 bits per heavy atom. The molecule has 2 rings (SSSR count). The highest BCUT2D eigenvalue weighted by molar-refractivity contribution is 5.73. The summed E-state index contributed by atoms with van der Waals surface area (Å²) in [7, 11) is 1.77. The SMILES string of the molecule is Cc1nc(CCN(C)C(=O)NCC[C@H]2CCCOC2)no1. The summed E-state index contributed by atoms with van der Waals surface area (Å²) in [6, 6.07) is -0.0630. The predicted octanol–water partition coefficient (Wildman–Crippen LogP) is 1.38. The minimum absolute atomic E-state index is 0.0630. The van der Waals surface area contributed by atoms with Gasteiger partial charge in [0.2, 0.25) is 5.89 Å². The van der Waals surface area contributed by atoms with Crippen molar-refractivity contribution in [1.29, 1.82) is 0 Å². The molecule has 1 N–H and O–H groups in total. The van der Waals surface area contributed by atoms with Gasteiger partial charge < -0.3 is 19.5 Å². The van der Waals surface area contributed by atoms with E-state index < -0.39 is 0 Å². The molecule has 0 bridgehead atoms. The summed E-state index contributed by atoms with van der Waals surface area (Å²) in [6.07, 6.45) is 3.90. The Hall–Kier alpha value is -1.63. The van der Waals surface area contributed by atoms with Gasteiger partial charge in [-0.1, -0.05) is 5.16 Å². The van der Waals surface area contributed by atoms with Crippen molar-refractivity contribution in [2.45, 2.75) is 32.6 Å². The Morgan fingerprint density at radius 1 is 1.52 bits per heavy atom. The van der Waals surface area contributed by atoms with Crippen molar-refractivity contribution in [2.24, 2.45) is 5.92 Å². The van der Waals surface area contributed by atoms with E-state index in [-0.39, 0.29) is 6.03 Å². The largest absolute Gasteiger partial charge is 0.381 e. The van der Waals surface area contributed by atoms with Crippen LogP contribution in [0.2, 0.25) is 0 Å². The molecule has 1 aliphatic heterocycles. The second-order valence-corrected chi connectivity index (χ2v) is 5.50. The number of likely N-dealkylation sites (N-methyl/N-ethyl adjacent to an activating group) is 1. The van der Waals surface area contributed by atoms with Crippen molar-refractivity contribution in [2.75, 3.05) is 33.4 Å². The topological polar surface area (TPSA) is 80.5 Å². The zero-order valence-electron chi connectivity index (χ0n) is 12.8. The Kier molecular flexibility index (Phi) is 5.98. The lowest BCUT2D eigenvalue weighted by Gasteiger charge is -2.23. The van der Waals surface area contributed by atoms with E-state index in [1.165, 1.54) is 6.42 Å². The average Bonchev–Trinajstić information content (AvgIpc) is 2.91. The number of hydrogen-bond acceptors (Lipinski definition) is 5. The maximum Gasteiger partial charge on any atom is 0.317 e. The maximum atomic E-state index is 11.9. The molecular formula is C14H24N4O3. The molecule has 1 atom stereocenters. The van der Waals surface area contributed by atoms with Gasteiger partial charge in [0.05, 0.1) is 0 Å². The highest BCUT2D eigenvalue weighted by atomic mass is 16.5. The van der Waals surface area contributed by atoms with Gasteiger partial charge in [-0.15, -0.1) is 0 Å². The van der Waals surface area contributed by atoms with Crippen LogP contribution < -0.4 is 5.32 Å². The first-order chi connectivity index (χ1) is 10.1. The van der Waals surface area contributed by atoms with Crippen LogP contribution in [0, 0.1) is 12.8 Å². The molecule has 2 amide bonds. The second kappa shape index (κ2) is 7.97. The van der Waals surface area contributed by atoms with Crippen LogP contribution in [0.5, 0.6) is 0 Å². The Bertz CT molecular complexity index is 443. The van der Waals surface area contributed by atoms with E-state index in [9.17, 15) is 4.79 Å². The molecule has 1 aromatic heterocycles. The summed E-state index contributed by atoms with van der Waals surface area (Å²) >= 11 is 0. The van der Waals surface area contributed by atoms with Crippen LogP contribution in [0.25, 0.3) is 0 Å². The van der Waals surface area contributed by atoms with Gasteiger partial charge in [0, 0.05) is 46.7 Å². The van der Waals surface area contributed by atoms with E-state index in [0.29, 0.717) is 37.1 Å². The number of hydrogen-bond donors (Lipinski definition) is 1. The first-order valence-corrected chi connectivity index (χ1v) is 7.51. The number of aryl methyl sites for hydroxylation is 1. The van der Waals surface area contributed by atoms with Crippen molar-refractivity contribution in [3.63, 3.8) is 0 Å². The second-order valence-electron chi connectivity index (χ2n) is 5.50. The number of carbonyl (C=O) groups excluding carboxylic acids is 1. The number of ether oxygens (including phenoxy) is 1. The third-order valence-corrected chi connectivity index (χ3v) is 3.67. The molecule has 0 aromatic carbocycles. The summed E-state index contributed by atoms with van der Waals surface area (Å²) in [5.74, 6) is 1.75. The molecule has 0 saturated carbocycles. The first-order valence-electron chi connectivity index (χ1n) is 7.51. The van der Waals surface area contributed by atoms with Crippen LogP contribution in [0.4, 0.5) is 4.79 Å². The Labute approximate surface area is 125 Å². The summed E-state index contributed by atoms with van der Waals surface area (Å²) in [5, 5.41) is 6.75. The fourth-order valence-corrected chi connectivity index (χ4v) is 2.37. The fraction of sp³-hybridized carbons (Fsp3) is 0.786. The summed E-state index contributed by atoms with van der Waals surface area (Å²) < 4.78 is 10.3. The van der Waals surface area contributed by atoms with Gasteiger partial charge in [-0.05, 0) is 25.2 Å². The molecule has 1 aliphatic rings. The molecular weight excluding hydrogens is 272 g/mol. The van der Waals surface area contributed by atoms with Crippen LogP contribution in [0.3, 0.4) is 0 Å². The van der Waals surface area contributed by atoms with Crippen molar-refractivity contribution in [1.82, 2.24) is 20.4 Å². The maximum absolute atomic E-state index is 11.9. The molecule has 0 unspecified atom stereocenters. The van der Waals surface area contributed by atoms with Crippen molar-refractivity contribution in [3.05, 3.63) is 11.7 Å². The number of nitrogens with one attached hydrogen (secondary N) is 1. The molecule has 1 saturated heterocycles. The minimum Gasteiger partial charge on any atom is -0.381 e. The summed E-state index contributed by atoms with van der Waals surface area (Å²) in [6.45, 7) is 4.71. The van der Waals surface area contributed by atoms with E-state index >= 15 is 0 Å².